The first-order chi connectivity index (χ1) is 15.9. The number of halogens is 1. The van der Waals surface area contributed by atoms with Gasteiger partial charge in [-0.15, -0.1) is 0 Å². The summed E-state index contributed by atoms with van der Waals surface area (Å²) in [5, 5.41) is 20.6. The Balaban J connectivity index is 1.99. The summed E-state index contributed by atoms with van der Waals surface area (Å²) in [6.07, 6.45) is 10.5. The molecule has 2 aromatic rings. The second-order valence-electron chi connectivity index (χ2n) is 7.87. The Morgan fingerprint density at radius 1 is 1.12 bits per heavy atom. The predicted molar refractivity (Wildman–Crippen MR) is 129 cm³/mol. The van der Waals surface area contributed by atoms with Crippen LogP contribution in [0.3, 0.4) is 0 Å². The summed E-state index contributed by atoms with van der Waals surface area (Å²) >= 11 is 6.34. The van der Waals surface area contributed by atoms with Crippen molar-refractivity contribution in [2.24, 2.45) is 5.92 Å². The molecule has 2 aromatic carbocycles. The second kappa shape index (κ2) is 11.6. The van der Waals surface area contributed by atoms with Gasteiger partial charge in [0.15, 0.2) is 0 Å². The summed E-state index contributed by atoms with van der Waals surface area (Å²) < 4.78 is 5.59. The van der Waals surface area contributed by atoms with Crippen LogP contribution in [0.5, 0.6) is 11.5 Å². The van der Waals surface area contributed by atoms with E-state index in [1.807, 2.05) is 55.5 Å². The fourth-order valence-corrected chi connectivity index (χ4v) is 3.45. The Hall–Kier alpha value is -3.22. The van der Waals surface area contributed by atoms with E-state index in [9.17, 15) is 15.0 Å². The number of fused-ring (bicyclic) bond motifs is 1. The molecule has 0 radical (unpaired) electrons. The van der Waals surface area contributed by atoms with Crippen molar-refractivity contribution in [3.05, 3.63) is 88.1 Å². The Kier molecular flexibility index (Phi) is 8.58. The summed E-state index contributed by atoms with van der Waals surface area (Å²) in [6.45, 7) is 4.04. The van der Waals surface area contributed by atoms with Gasteiger partial charge in [0.25, 0.3) is 0 Å². The largest absolute Gasteiger partial charge is 0.507 e. The summed E-state index contributed by atoms with van der Waals surface area (Å²) in [5.74, 6) is -1.53. The van der Waals surface area contributed by atoms with Crippen molar-refractivity contribution in [2.75, 3.05) is 0 Å². The van der Waals surface area contributed by atoms with Crippen LogP contribution in [0.4, 0.5) is 0 Å². The van der Waals surface area contributed by atoms with Crippen molar-refractivity contribution in [1.82, 2.24) is 5.48 Å². The second-order valence-corrected chi connectivity index (χ2v) is 8.25. The van der Waals surface area contributed by atoms with Crippen molar-refractivity contribution in [3.63, 3.8) is 0 Å². The van der Waals surface area contributed by atoms with Crippen LogP contribution in [0.15, 0.2) is 66.4 Å². The highest BCUT2D eigenvalue weighted by Crippen LogP contribution is 2.38. The van der Waals surface area contributed by atoms with Crippen LogP contribution >= 0.6 is 11.6 Å². The van der Waals surface area contributed by atoms with Gasteiger partial charge in [0, 0.05) is 17.5 Å². The first-order valence-corrected chi connectivity index (χ1v) is 11.2. The molecule has 33 heavy (non-hydrogen) atoms. The van der Waals surface area contributed by atoms with E-state index in [1.165, 1.54) is 6.08 Å². The lowest BCUT2D eigenvalue weighted by Gasteiger charge is -2.20. The van der Waals surface area contributed by atoms with E-state index in [0.717, 1.165) is 24.5 Å². The number of benzene rings is 2. The van der Waals surface area contributed by atoms with Crippen LogP contribution in [0.1, 0.15) is 48.2 Å². The fourth-order valence-electron chi connectivity index (χ4n) is 3.25. The van der Waals surface area contributed by atoms with E-state index in [4.69, 9.17) is 21.2 Å². The van der Waals surface area contributed by atoms with Crippen molar-refractivity contribution in [2.45, 2.75) is 39.4 Å². The maximum atomic E-state index is 13.0. The molecule has 1 aliphatic rings. The molecule has 2 atom stereocenters. The third-order valence-corrected chi connectivity index (χ3v) is 5.70. The maximum absolute atomic E-state index is 13.0. The number of hydroxylamine groups is 1. The Morgan fingerprint density at radius 2 is 1.85 bits per heavy atom. The summed E-state index contributed by atoms with van der Waals surface area (Å²) in [6, 6.07) is 10.7. The predicted octanol–water partition coefficient (Wildman–Crippen LogP) is 5.90. The molecular weight excluding hydrogens is 442 g/mol. The van der Waals surface area contributed by atoms with Crippen LogP contribution in [-0.4, -0.2) is 22.3 Å². The van der Waals surface area contributed by atoms with Crippen LogP contribution in [0, 0.1) is 5.92 Å². The molecule has 0 unspecified atom stereocenters. The van der Waals surface area contributed by atoms with Gasteiger partial charge in [-0.2, -0.15) is 0 Å². The Morgan fingerprint density at radius 3 is 2.61 bits per heavy atom. The molecule has 0 saturated carbocycles. The van der Waals surface area contributed by atoms with E-state index in [2.05, 4.69) is 5.48 Å². The minimum absolute atomic E-state index is 0.0155. The molecule has 3 rings (SSSR count). The Bertz CT molecular complexity index is 1060. The summed E-state index contributed by atoms with van der Waals surface area (Å²) in [7, 11) is 0. The molecule has 3 N–H and O–H groups in total. The monoisotopic (exact) mass is 469 g/mol. The molecule has 0 aromatic heterocycles. The van der Waals surface area contributed by atoms with Gasteiger partial charge in [0.05, 0.1) is 17.3 Å². The molecule has 7 heteroatoms. The number of rotatable bonds is 4. The van der Waals surface area contributed by atoms with E-state index < -0.39 is 17.8 Å². The minimum Gasteiger partial charge on any atom is -0.507 e. The van der Waals surface area contributed by atoms with Crippen molar-refractivity contribution in [1.29, 1.82) is 0 Å². The third-order valence-electron chi connectivity index (χ3n) is 5.31. The maximum Gasteiger partial charge on any atom is 0.342 e. The van der Waals surface area contributed by atoms with E-state index >= 15 is 0 Å². The number of carbonyl (C=O) groups excluding carboxylic acids is 1. The average Bonchev–Trinajstić information content (AvgIpc) is 2.79. The molecule has 0 spiro atoms. The lowest BCUT2D eigenvalue weighted by Crippen LogP contribution is -2.22. The van der Waals surface area contributed by atoms with Gasteiger partial charge in [0.2, 0.25) is 0 Å². The van der Waals surface area contributed by atoms with Gasteiger partial charge in [0.1, 0.15) is 23.2 Å². The van der Waals surface area contributed by atoms with Crippen molar-refractivity contribution < 1.29 is 24.6 Å². The summed E-state index contributed by atoms with van der Waals surface area (Å²) in [4.78, 5) is 18.6. The first kappa shape index (κ1) is 24.4. The number of cyclic esters (lactones) is 1. The molecule has 174 valence electrons. The van der Waals surface area contributed by atoms with Crippen LogP contribution in [0.2, 0.25) is 5.02 Å². The lowest BCUT2D eigenvalue weighted by molar-refractivity contribution is 0.0262. The normalized spacial score (nSPS) is 21.8. The standard InChI is InChI=1S/C26H28ClNO5/c1-17-10-6-3-4-9-13-20(28-32-16-19-11-7-5-8-12-19)14-21-24(26(31)33-18(17)2)22(29)15-23(30)25(21)27/h5-15,17-18,28-30H,3-4,16H2,1-2H3/b10-6?,13-9+,20-14-/t17-,18+/m0/s1. The molecule has 0 amide bonds. The van der Waals surface area contributed by atoms with Gasteiger partial charge < -0.3 is 14.9 Å². The smallest absolute Gasteiger partial charge is 0.342 e. The molecular formula is C26H28ClNO5. The topological polar surface area (TPSA) is 88.0 Å². The Labute approximate surface area is 198 Å². The molecule has 1 heterocycles. The highest BCUT2D eigenvalue weighted by Gasteiger charge is 2.25. The first-order valence-electron chi connectivity index (χ1n) is 10.8. The average molecular weight is 470 g/mol. The zero-order valence-corrected chi connectivity index (χ0v) is 19.4. The molecule has 0 fully saturated rings. The zero-order valence-electron chi connectivity index (χ0n) is 18.6. The van der Waals surface area contributed by atoms with Crippen molar-refractivity contribution >= 4 is 23.6 Å². The van der Waals surface area contributed by atoms with E-state index in [-0.39, 0.29) is 27.8 Å². The highest BCUT2D eigenvalue weighted by molar-refractivity contribution is 6.34. The number of nitrogens with one attached hydrogen (secondary N) is 1. The third kappa shape index (κ3) is 6.63. The molecule has 0 saturated heterocycles. The number of allylic oxidation sites excluding steroid dienone is 3. The lowest BCUT2D eigenvalue weighted by atomic mass is 10.0. The zero-order chi connectivity index (χ0) is 23.8. The molecule has 0 bridgehead atoms. The number of hydrogen-bond donors (Lipinski definition) is 3. The van der Waals surface area contributed by atoms with Gasteiger partial charge in [-0.05, 0) is 37.5 Å². The fraction of sp³-hybridized carbons (Fsp3) is 0.269. The number of phenolic OH excluding ortho intramolecular Hbond substituents is 2. The van der Waals surface area contributed by atoms with Crippen LogP contribution in [-0.2, 0) is 16.2 Å². The summed E-state index contributed by atoms with van der Waals surface area (Å²) in [5.41, 5.74) is 4.32. The number of hydrogen-bond acceptors (Lipinski definition) is 6. The molecule has 6 nitrogen and oxygen atoms in total. The van der Waals surface area contributed by atoms with E-state index in [1.54, 1.807) is 13.0 Å². The van der Waals surface area contributed by atoms with Crippen LogP contribution < -0.4 is 5.48 Å². The van der Waals surface area contributed by atoms with Crippen LogP contribution in [0.25, 0.3) is 6.08 Å². The highest BCUT2D eigenvalue weighted by atomic mass is 35.5. The number of ether oxygens (including phenoxy) is 1. The quantitative estimate of drug-likeness (QED) is 0.293. The van der Waals surface area contributed by atoms with Gasteiger partial charge in [-0.3, -0.25) is 10.3 Å². The van der Waals surface area contributed by atoms with Gasteiger partial charge in [-0.1, -0.05) is 67.1 Å². The number of carbonyl (C=O) groups is 1. The van der Waals surface area contributed by atoms with E-state index in [0.29, 0.717) is 12.3 Å². The minimum atomic E-state index is -0.737. The molecule has 1 aliphatic heterocycles. The van der Waals surface area contributed by atoms with Gasteiger partial charge in [-0.25, -0.2) is 4.79 Å². The molecule has 0 aliphatic carbocycles. The number of phenols is 2. The van der Waals surface area contributed by atoms with Crippen molar-refractivity contribution in [3.8, 4) is 11.5 Å². The number of aromatic hydroxyl groups is 2. The number of esters is 1. The van der Waals surface area contributed by atoms with Gasteiger partial charge >= 0.3 is 5.97 Å². The SMILES string of the molecule is C[C@H]1C=CCC/C=C/C(NOCc2ccccc2)=C/c2c(Cl)c(O)cc(O)c2C(=O)O[C@@H]1C.